The van der Waals surface area contributed by atoms with Gasteiger partial charge < -0.3 is 15.0 Å². The topological polar surface area (TPSA) is 54.1 Å². The first kappa shape index (κ1) is 10.2. The van der Waals surface area contributed by atoms with E-state index in [-0.39, 0.29) is 5.91 Å². The summed E-state index contributed by atoms with van der Waals surface area (Å²) in [5.74, 6) is 0.738. The lowest BCUT2D eigenvalue weighted by Crippen LogP contribution is -2.31. The Balaban J connectivity index is 2.43. The van der Waals surface area contributed by atoms with E-state index in [2.05, 4.69) is 10.3 Å². The number of methoxy groups -OCH3 is 1. The molecule has 0 saturated carbocycles. The summed E-state index contributed by atoms with van der Waals surface area (Å²) < 4.78 is 5.36. The number of carbonyl (C=O) groups is 1. The fourth-order valence-corrected chi connectivity index (χ4v) is 2.46. The van der Waals surface area contributed by atoms with Gasteiger partial charge in [0.25, 0.3) is 5.91 Å². The van der Waals surface area contributed by atoms with Gasteiger partial charge in [0.15, 0.2) is 0 Å². The number of benzene rings is 1. The number of amides is 1. The standard InChI is InChI=1S/C13H14N2O2/c1-7-3-4-9(17-2)11-10-8(15-12(7)11)5-6-14-13(10)16/h3-4,15H,5-6H2,1-2H3,(H,14,16). The molecule has 88 valence electrons. The highest BCUT2D eigenvalue weighted by Crippen LogP contribution is 2.34. The summed E-state index contributed by atoms with van der Waals surface area (Å²) in [4.78, 5) is 15.3. The SMILES string of the molecule is COc1ccc(C)c2[nH]c3c(c12)C(=O)NCC3. The van der Waals surface area contributed by atoms with Crippen LogP contribution in [0.5, 0.6) is 5.75 Å². The Bertz CT molecular complexity index is 613. The maximum Gasteiger partial charge on any atom is 0.253 e. The Morgan fingerprint density at radius 3 is 2.94 bits per heavy atom. The second-order valence-corrected chi connectivity index (χ2v) is 4.32. The molecular weight excluding hydrogens is 216 g/mol. The van der Waals surface area contributed by atoms with Gasteiger partial charge >= 0.3 is 0 Å². The van der Waals surface area contributed by atoms with Crippen molar-refractivity contribution in [2.24, 2.45) is 0 Å². The van der Waals surface area contributed by atoms with Crippen LogP contribution in [0.3, 0.4) is 0 Å². The molecule has 1 aliphatic heterocycles. The zero-order valence-corrected chi connectivity index (χ0v) is 9.89. The molecule has 0 aliphatic carbocycles. The second-order valence-electron chi connectivity index (χ2n) is 4.32. The lowest BCUT2D eigenvalue weighted by atomic mass is 10.0. The molecule has 1 aliphatic rings. The quantitative estimate of drug-likeness (QED) is 0.784. The van der Waals surface area contributed by atoms with Gasteiger partial charge in [0.05, 0.1) is 23.6 Å². The first-order valence-corrected chi connectivity index (χ1v) is 5.68. The summed E-state index contributed by atoms with van der Waals surface area (Å²) in [7, 11) is 1.63. The number of aromatic amines is 1. The Morgan fingerprint density at radius 1 is 1.35 bits per heavy atom. The molecule has 1 aromatic carbocycles. The number of nitrogens with one attached hydrogen (secondary N) is 2. The van der Waals surface area contributed by atoms with E-state index in [1.807, 2.05) is 19.1 Å². The molecule has 17 heavy (non-hydrogen) atoms. The molecule has 1 amide bonds. The maximum atomic E-state index is 12.0. The van der Waals surface area contributed by atoms with Crippen molar-refractivity contribution in [3.8, 4) is 5.75 Å². The molecule has 2 heterocycles. The highest BCUT2D eigenvalue weighted by Gasteiger charge is 2.24. The molecule has 0 unspecified atom stereocenters. The van der Waals surface area contributed by atoms with Gasteiger partial charge in [0.2, 0.25) is 0 Å². The van der Waals surface area contributed by atoms with Crippen molar-refractivity contribution < 1.29 is 9.53 Å². The van der Waals surface area contributed by atoms with E-state index < -0.39 is 0 Å². The van der Waals surface area contributed by atoms with Gasteiger partial charge in [-0.2, -0.15) is 0 Å². The third kappa shape index (κ3) is 1.33. The van der Waals surface area contributed by atoms with E-state index in [0.29, 0.717) is 6.54 Å². The Hall–Kier alpha value is -1.97. The van der Waals surface area contributed by atoms with Crippen LogP contribution in [0.1, 0.15) is 21.6 Å². The Kier molecular flexibility index (Phi) is 2.11. The van der Waals surface area contributed by atoms with E-state index in [0.717, 1.165) is 39.9 Å². The molecule has 4 heteroatoms. The predicted molar refractivity (Wildman–Crippen MR) is 65.6 cm³/mol. The highest BCUT2D eigenvalue weighted by atomic mass is 16.5. The van der Waals surface area contributed by atoms with Crippen LogP contribution in [-0.4, -0.2) is 24.5 Å². The van der Waals surface area contributed by atoms with Crippen LogP contribution in [0.2, 0.25) is 0 Å². The zero-order valence-electron chi connectivity index (χ0n) is 9.89. The minimum absolute atomic E-state index is 0.0126. The lowest BCUT2D eigenvalue weighted by Gasteiger charge is -2.12. The molecule has 3 rings (SSSR count). The number of fused-ring (bicyclic) bond motifs is 3. The van der Waals surface area contributed by atoms with Crippen molar-refractivity contribution in [1.82, 2.24) is 10.3 Å². The summed E-state index contributed by atoms with van der Waals surface area (Å²) in [5, 5.41) is 3.78. The minimum Gasteiger partial charge on any atom is -0.496 e. The fraction of sp³-hybridized carbons (Fsp3) is 0.308. The lowest BCUT2D eigenvalue weighted by molar-refractivity contribution is 0.0947. The van der Waals surface area contributed by atoms with Crippen LogP contribution in [0.4, 0.5) is 0 Å². The van der Waals surface area contributed by atoms with Crippen LogP contribution >= 0.6 is 0 Å². The summed E-state index contributed by atoms with van der Waals surface area (Å²) in [5.41, 5.74) is 3.89. The molecular formula is C13H14N2O2. The van der Waals surface area contributed by atoms with E-state index >= 15 is 0 Å². The van der Waals surface area contributed by atoms with Gasteiger partial charge in [-0.05, 0) is 18.6 Å². The maximum absolute atomic E-state index is 12.0. The number of rotatable bonds is 1. The molecule has 0 bridgehead atoms. The fourth-order valence-electron chi connectivity index (χ4n) is 2.46. The van der Waals surface area contributed by atoms with E-state index in [1.165, 1.54) is 0 Å². The molecule has 1 aromatic heterocycles. The van der Waals surface area contributed by atoms with Gasteiger partial charge in [0, 0.05) is 18.7 Å². The number of hydrogen-bond acceptors (Lipinski definition) is 2. The number of hydrogen-bond donors (Lipinski definition) is 2. The molecule has 0 fully saturated rings. The van der Waals surface area contributed by atoms with Gasteiger partial charge in [-0.15, -0.1) is 0 Å². The predicted octanol–water partition coefficient (Wildman–Crippen LogP) is 1.77. The molecule has 4 nitrogen and oxygen atoms in total. The van der Waals surface area contributed by atoms with E-state index in [9.17, 15) is 4.79 Å². The number of aryl methyl sites for hydroxylation is 1. The molecule has 0 atom stereocenters. The van der Waals surface area contributed by atoms with Crippen LogP contribution in [0.25, 0.3) is 10.9 Å². The first-order chi connectivity index (χ1) is 8.22. The Morgan fingerprint density at radius 2 is 2.18 bits per heavy atom. The zero-order chi connectivity index (χ0) is 12.0. The van der Waals surface area contributed by atoms with Crippen LogP contribution < -0.4 is 10.1 Å². The molecule has 2 N–H and O–H groups in total. The molecule has 0 saturated heterocycles. The number of carbonyl (C=O) groups excluding carboxylic acids is 1. The van der Waals surface area contributed by atoms with Crippen LogP contribution in [-0.2, 0) is 6.42 Å². The number of aromatic nitrogens is 1. The van der Waals surface area contributed by atoms with Crippen molar-refractivity contribution in [2.45, 2.75) is 13.3 Å². The van der Waals surface area contributed by atoms with Crippen LogP contribution in [0, 0.1) is 6.92 Å². The van der Waals surface area contributed by atoms with Gasteiger partial charge in [-0.25, -0.2) is 0 Å². The number of ether oxygens (including phenoxy) is 1. The molecule has 2 aromatic rings. The first-order valence-electron chi connectivity index (χ1n) is 5.68. The smallest absolute Gasteiger partial charge is 0.253 e. The monoisotopic (exact) mass is 230 g/mol. The third-order valence-corrected chi connectivity index (χ3v) is 3.31. The number of H-pyrrole nitrogens is 1. The second kappa shape index (κ2) is 3.52. The summed E-state index contributed by atoms with van der Waals surface area (Å²) in [6.07, 6.45) is 0.846. The van der Waals surface area contributed by atoms with Gasteiger partial charge in [0.1, 0.15) is 5.75 Å². The summed E-state index contributed by atoms with van der Waals surface area (Å²) in [6.45, 7) is 2.72. The third-order valence-electron chi connectivity index (χ3n) is 3.31. The van der Waals surface area contributed by atoms with E-state index in [1.54, 1.807) is 7.11 Å². The largest absolute Gasteiger partial charge is 0.496 e. The van der Waals surface area contributed by atoms with Crippen molar-refractivity contribution in [2.75, 3.05) is 13.7 Å². The van der Waals surface area contributed by atoms with Crippen molar-refractivity contribution in [1.29, 1.82) is 0 Å². The molecule has 0 spiro atoms. The van der Waals surface area contributed by atoms with Gasteiger partial charge in [-0.1, -0.05) is 6.07 Å². The average molecular weight is 230 g/mol. The highest BCUT2D eigenvalue weighted by molar-refractivity contribution is 6.11. The van der Waals surface area contributed by atoms with Crippen molar-refractivity contribution in [3.63, 3.8) is 0 Å². The van der Waals surface area contributed by atoms with Crippen LogP contribution in [0.15, 0.2) is 12.1 Å². The summed E-state index contributed by atoms with van der Waals surface area (Å²) >= 11 is 0. The van der Waals surface area contributed by atoms with Crippen molar-refractivity contribution in [3.05, 3.63) is 29.0 Å². The normalized spacial score (nSPS) is 14.6. The minimum atomic E-state index is -0.0126. The van der Waals surface area contributed by atoms with E-state index in [4.69, 9.17) is 4.74 Å². The summed E-state index contributed by atoms with van der Waals surface area (Å²) in [6, 6.07) is 3.91. The van der Waals surface area contributed by atoms with Gasteiger partial charge in [-0.3, -0.25) is 4.79 Å². The van der Waals surface area contributed by atoms with Crippen molar-refractivity contribution >= 4 is 16.8 Å². The molecule has 0 radical (unpaired) electrons. The average Bonchev–Trinajstić information content (AvgIpc) is 2.71. The Labute approximate surface area is 99.0 Å².